The van der Waals surface area contributed by atoms with Crippen LogP contribution < -0.4 is 5.32 Å². The molecule has 6 heteroatoms. The molecule has 0 bridgehead atoms. The Balaban J connectivity index is 1.46. The number of piperidine rings is 1. The summed E-state index contributed by atoms with van der Waals surface area (Å²) < 4.78 is 1.89. The second kappa shape index (κ2) is 7.07. The van der Waals surface area contributed by atoms with Gasteiger partial charge in [0, 0.05) is 30.2 Å². The van der Waals surface area contributed by atoms with Gasteiger partial charge in [-0.25, -0.2) is 0 Å². The van der Waals surface area contributed by atoms with E-state index < -0.39 is 0 Å². The van der Waals surface area contributed by atoms with Crippen LogP contribution in [-0.2, 0) is 11.3 Å². The molecule has 0 radical (unpaired) electrons. The summed E-state index contributed by atoms with van der Waals surface area (Å²) in [6.07, 6.45) is 4.07. The summed E-state index contributed by atoms with van der Waals surface area (Å²) >= 11 is 1.67. The standard InChI is InChI=1S/C16H22N4OS/c1-19-7-2-3-13(11-19)16(21)17-6-9-20-8-4-15(18-20)14-5-10-22-12-14/h4-5,8,10,12-13H,2-3,6-7,9,11H2,1H3,(H,17,21). The van der Waals surface area contributed by atoms with Crippen molar-refractivity contribution in [2.45, 2.75) is 19.4 Å². The molecule has 2 aromatic heterocycles. The molecular formula is C16H22N4OS. The van der Waals surface area contributed by atoms with Gasteiger partial charge in [-0.3, -0.25) is 9.48 Å². The van der Waals surface area contributed by atoms with Gasteiger partial charge in [-0.2, -0.15) is 16.4 Å². The molecule has 1 atom stereocenters. The number of likely N-dealkylation sites (tertiary alicyclic amines) is 1. The molecule has 1 unspecified atom stereocenters. The molecule has 0 saturated carbocycles. The first kappa shape index (κ1) is 15.2. The maximum atomic E-state index is 12.2. The van der Waals surface area contributed by atoms with E-state index in [1.807, 2.05) is 16.9 Å². The van der Waals surface area contributed by atoms with E-state index in [2.05, 4.69) is 39.2 Å². The Hall–Kier alpha value is -1.66. The van der Waals surface area contributed by atoms with E-state index in [1.54, 1.807) is 11.3 Å². The molecular weight excluding hydrogens is 296 g/mol. The second-order valence-electron chi connectivity index (χ2n) is 5.87. The first-order valence-corrected chi connectivity index (χ1v) is 8.69. The Morgan fingerprint density at radius 2 is 2.41 bits per heavy atom. The first-order chi connectivity index (χ1) is 10.7. The Bertz CT molecular complexity index is 607. The molecule has 1 aliphatic heterocycles. The zero-order valence-corrected chi connectivity index (χ0v) is 13.7. The number of nitrogens with one attached hydrogen (secondary N) is 1. The van der Waals surface area contributed by atoms with Crippen LogP contribution in [0.4, 0.5) is 0 Å². The third-order valence-electron chi connectivity index (χ3n) is 4.09. The smallest absolute Gasteiger partial charge is 0.224 e. The van der Waals surface area contributed by atoms with Crippen LogP contribution in [0.3, 0.4) is 0 Å². The highest BCUT2D eigenvalue weighted by Crippen LogP contribution is 2.19. The van der Waals surface area contributed by atoms with Crippen LogP contribution in [0.15, 0.2) is 29.1 Å². The van der Waals surface area contributed by atoms with Crippen LogP contribution in [0.2, 0.25) is 0 Å². The van der Waals surface area contributed by atoms with Crippen LogP contribution in [0, 0.1) is 5.92 Å². The van der Waals surface area contributed by atoms with Gasteiger partial charge < -0.3 is 10.2 Å². The van der Waals surface area contributed by atoms with Crippen molar-refractivity contribution >= 4 is 17.2 Å². The van der Waals surface area contributed by atoms with Gasteiger partial charge in [-0.15, -0.1) is 0 Å². The maximum Gasteiger partial charge on any atom is 0.224 e. The van der Waals surface area contributed by atoms with Crippen molar-refractivity contribution in [1.82, 2.24) is 20.0 Å². The van der Waals surface area contributed by atoms with Gasteiger partial charge in [0.25, 0.3) is 0 Å². The lowest BCUT2D eigenvalue weighted by Gasteiger charge is -2.28. The fourth-order valence-corrected chi connectivity index (χ4v) is 3.52. The van der Waals surface area contributed by atoms with E-state index in [0.29, 0.717) is 13.1 Å². The van der Waals surface area contributed by atoms with Gasteiger partial charge in [-0.05, 0) is 43.9 Å². The number of carbonyl (C=O) groups is 1. The third kappa shape index (κ3) is 3.75. The summed E-state index contributed by atoms with van der Waals surface area (Å²) in [5.74, 6) is 0.314. The normalized spacial score (nSPS) is 19.2. The van der Waals surface area contributed by atoms with E-state index in [4.69, 9.17) is 0 Å². The molecule has 118 valence electrons. The lowest BCUT2D eigenvalue weighted by Crippen LogP contribution is -2.42. The van der Waals surface area contributed by atoms with E-state index in [-0.39, 0.29) is 11.8 Å². The van der Waals surface area contributed by atoms with E-state index >= 15 is 0 Å². The van der Waals surface area contributed by atoms with E-state index in [1.165, 1.54) is 0 Å². The van der Waals surface area contributed by atoms with E-state index in [9.17, 15) is 4.79 Å². The van der Waals surface area contributed by atoms with Crippen molar-refractivity contribution in [3.8, 4) is 11.3 Å². The van der Waals surface area contributed by atoms with Crippen molar-refractivity contribution in [3.63, 3.8) is 0 Å². The monoisotopic (exact) mass is 318 g/mol. The fourth-order valence-electron chi connectivity index (χ4n) is 2.87. The predicted molar refractivity (Wildman–Crippen MR) is 88.8 cm³/mol. The Labute approximate surface area is 134 Å². The minimum Gasteiger partial charge on any atom is -0.354 e. The highest BCUT2D eigenvalue weighted by molar-refractivity contribution is 7.08. The van der Waals surface area contributed by atoms with Crippen molar-refractivity contribution in [3.05, 3.63) is 29.1 Å². The molecule has 3 rings (SSSR count). The summed E-state index contributed by atoms with van der Waals surface area (Å²) in [4.78, 5) is 14.4. The Morgan fingerprint density at radius 1 is 1.50 bits per heavy atom. The SMILES string of the molecule is CN1CCCC(C(=O)NCCn2ccc(-c3ccsc3)n2)C1. The zero-order valence-electron chi connectivity index (χ0n) is 12.9. The van der Waals surface area contributed by atoms with Gasteiger partial charge in [0.05, 0.1) is 18.2 Å². The minimum absolute atomic E-state index is 0.137. The zero-order chi connectivity index (χ0) is 15.4. The van der Waals surface area contributed by atoms with Crippen molar-refractivity contribution in [1.29, 1.82) is 0 Å². The number of nitrogens with zero attached hydrogens (tertiary/aromatic N) is 3. The molecule has 0 aliphatic carbocycles. The van der Waals surface area contributed by atoms with Crippen molar-refractivity contribution in [2.75, 3.05) is 26.7 Å². The molecule has 1 fully saturated rings. The number of hydrogen-bond donors (Lipinski definition) is 1. The first-order valence-electron chi connectivity index (χ1n) is 7.74. The Morgan fingerprint density at radius 3 is 3.18 bits per heavy atom. The van der Waals surface area contributed by atoms with Gasteiger partial charge >= 0.3 is 0 Å². The average molecular weight is 318 g/mol. The number of hydrogen-bond acceptors (Lipinski definition) is 4. The lowest BCUT2D eigenvalue weighted by molar-refractivity contribution is -0.126. The highest BCUT2D eigenvalue weighted by Gasteiger charge is 2.23. The highest BCUT2D eigenvalue weighted by atomic mass is 32.1. The van der Waals surface area contributed by atoms with Crippen LogP contribution in [0.5, 0.6) is 0 Å². The molecule has 1 aliphatic rings. The summed E-state index contributed by atoms with van der Waals surface area (Å²) in [6.45, 7) is 3.31. The molecule has 22 heavy (non-hydrogen) atoms. The predicted octanol–water partition coefficient (Wildman–Crippen LogP) is 2.07. The second-order valence-corrected chi connectivity index (χ2v) is 6.65. The quantitative estimate of drug-likeness (QED) is 0.918. The molecule has 1 N–H and O–H groups in total. The summed E-state index contributed by atoms with van der Waals surface area (Å²) in [5.41, 5.74) is 2.14. The van der Waals surface area contributed by atoms with Gasteiger partial charge in [0.1, 0.15) is 0 Å². The number of carbonyl (C=O) groups excluding carboxylic acids is 1. The van der Waals surface area contributed by atoms with Gasteiger partial charge in [-0.1, -0.05) is 0 Å². The molecule has 0 spiro atoms. The third-order valence-corrected chi connectivity index (χ3v) is 4.78. The van der Waals surface area contributed by atoms with Crippen LogP contribution >= 0.6 is 11.3 Å². The van der Waals surface area contributed by atoms with Gasteiger partial charge in [0.15, 0.2) is 0 Å². The minimum atomic E-state index is 0.137. The summed E-state index contributed by atoms with van der Waals surface area (Å²) in [7, 11) is 2.08. The average Bonchev–Trinajstić information content (AvgIpc) is 3.18. The van der Waals surface area contributed by atoms with Crippen LogP contribution in [-0.4, -0.2) is 47.3 Å². The van der Waals surface area contributed by atoms with Gasteiger partial charge in [0.2, 0.25) is 5.91 Å². The maximum absolute atomic E-state index is 12.2. The molecule has 5 nitrogen and oxygen atoms in total. The number of thiophene rings is 1. The molecule has 3 heterocycles. The summed E-state index contributed by atoms with van der Waals surface area (Å²) in [6, 6.07) is 4.08. The molecule has 1 saturated heterocycles. The Kier molecular flexibility index (Phi) is 4.90. The topological polar surface area (TPSA) is 50.2 Å². The molecule has 2 aromatic rings. The largest absolute Gasteiger partial charge is 0.354 e. The van der Waals surface area contributed by atoms with E-state index in [0.717, 1.165) is 37.2 Å². The number of aromatic nitrogens is 2. The van der Waals surface area contributed by atoms with Crippen molar-refractivity contribution < 1.29 is 4.79 Å². The summed E-state index contributed by atoms with van der Waals surface area (Å²) in [5, 5.41) is 11.7. The lowest BCUT2D eigenvalue weighted by atomic mass is 9.98. The number of amides is 1. The number of rotatable bonds is 5. The van der Waals surface area contributed by atoms with Crippen LogP contribution in [0.1, 0.15) is 12.8 Å². The fraction of sp³-hybridized carbons (Fsp3) is 0.500. The van der Waals surface area contributed by atoms with Crippen molar-refractivity contribution in [2.24, 2.45) is 5.92 Å². The molecule has 1 amide bonds. The molecule has 0 aromatic carbocycles. The van der Waals surface area contributed by atoms with Crippen LogP contribution in [0.25, 0.3) is 11.3 Å².